The van der Waals surface area contributed by atoms with Gasteiger partial charge < -0.3 is 15.8 Å². The van der Waals surface area contributed by atoms with Crippen LogP contribution in [0.15, 0.2) is 24.3 Å². The number of hydrogen-bond acceptors (Lipinski definition) is 5. The van der Waals surface area contributed by atoms with E-state index in [-0.39, 0.29) is 18.7 Å². The largest absolute Gasteiger partial charge is 0.427 e. The van der Waals surface area contributed by atoms with Gasteiger partial charge in [0.2, 0.25) is 5.91 Å². The number of esters is 1. The number of anilines is 1. The SMILES string of the molecule is Cc1ccc(OC(=O)CCC(=O)Nc2sc3c(c2C(N)=O)CCCC3)cc1. The summed E-state index contributed by atoms with van der Waals surface area (Å²) in [4.78, 5) is 37.1. The van der Waals surface area contributed by atoms with Gasteiger partial charge in [0.25, 0.3) is 5.91 Å². The molecule has 6 nitrogen and oxygen atoms in total. The Kier molecular flexibility index (Phi) is 5.91. The van der Waals surface area contributed by atoms with E-state index in [0.29, 0.717) is 16.3 Å². The monoisotopic (exact) mass is 386 g/mol. The Hall–Kier alpha value is -2.67. The van der Waals surface area contributed by atoms with Crippen LogP contribution in [0, 0.1) is 6.92 Å². The van der Waals surface area contributed by atoms with E-state index in [2.05, 4.69) is 5.32 Å². The normalized spacial score (nSPS) is 12.9. The molecule has 0 atom stereocenters. The van der Waals surface area contributed by atoms with Gasteiger partial charge in [-0.15, -0.1) is 11.3 Å². The van der Waals surface area contributed by atoms with Crippen LogP contribution in [0.5, 0.6) is 5.75 Å². The van der Waals surface area contributed by atoms with Gasteiger partial charge in [-0.1, -0.05) is 17.7 Å². The Morgan fingerprint density at radius 3 is 2.52 bits per heavy atom. The predicted molar refractivity (Wildman–Crippen MR) is 104 cm³/mol. The fraction of sp³-hybridized carbons (Fsp3) is 0.350. The third-order valence-corrected chi connectivity index (χ3v) is 5.69. The summed E-state index contributed by atoms with van der Waals surface area (Å²) in [6, 6.07) is 7.11. The molecule has 0 spiro atoms. The molecule has 0 saturated heterocycles. The van der Waals surface area contributed by atoms with Crippen molar-refractivity contribution in [2.75, 3.05) is 5.32 Å². The van der Waals surface area contributed by atoms with Crippen LogP contribution in [0.1, 0.15) is 52.0 Å². The molecule has 0 radical (unpaired) electrons. The molecular formula is C20H22N2O4S. The molecule has 2 amide bonds. The minimum atomic E-state index is -0.525. The van der Waals surface area contributed by atoms with E-state index >= 15 is 0 Å². The van der Waals surface area contributed by atoms with Crippen LogP contribution in [-0.2, 0) is 22.4 Å². The Bertz CT molecular complexity index is 871. The third kappa shape index (κ3) is 4.74. The molecule has 1 heterocycles. The molecular weight excluding hydrogens is 364 g/mol. The maximum atomic E-state index is 12.2. The summed E-state index contributed by atoms with van der Waals surface area (Å²) in [5.41, 5.74) is 7.97. The standard InChI is InChI=1S/C20H22N2O4S/c1-12-6-8-13(9-7-12)26-17(24)11-10-16(23)22-20-18(19(21)25)14-4-2-3-5-15(14)27-20/h6-9H,2-5,10-11H2,1H3,(H2,21,25)(H,22,23). The molecule has 27 heavy (non-hydrogen) atoms. The summed E-state index contributed by atoms with van der Waals surface area (Å²) in [5.74, 6) is -0.886. The maximum absolute atomic E-state index is 12.2. The van der Waals surface area contributed by atoms with Gasteiger partial charge in [-0.25, -0.2) is 0 Å². The fourth-order valence-electron chi connectivity index (χ4n) is 3.11. The molecule has 0 saturated carbocycles. The second-order valence-corrected chi connectivity index (χ2v) is 7.72. The lowest BCUT2D eigenvalue weighted by molar-refractivity contribution is -0.135. The van der Waals surface area contributed by atoms with E-state index in [9.17, 15) is 14.4 Å². The van der Waals surface area contributed by atoms with Gasteiger partial charge in [-0.3, -0.25) is 14.4 Å². The topological polar surface area (TPSA) is 98.5 Å². The van der Waals surface area contributed by atoms with Gasteiger partial charge >= 0.3 is 5.97 Å². The summed E-state index contributed by atoms with van der Waals surface area (Å²) in [7, 11) is 0. The fourth-order valence-corrected chi connectivity index (χ4v) is 4.42. The molecule has 3 N–H and O–H groups in total. The Balaban J connectivity index is 1.58. The smallest absolute Gasteiger partial charge is 0.311 e. The minimum absolute atomic E-state index is 0.0224. The van der Waals surface area contributed by atoms with E-state index in [1.54, 1.807) is 12.1 Å². The highest BCUT2D eigenvalue weighted by molar-refractivity contribution is 7.17. The maximum Gasteiger partial charge on any atom is 0.311 e. The molecule has 0 unspecified atom stereocenters. The van der Waals surface area contributed by atoms with Gasteiger partial charge in [0, 0.05) is 11.3 Å². The number of thiophene rings is 1. The number of carbonyl (C=O) groups is 3. The number of nitrogens with one attached hydrogen (secondary N) is 1. The first-order valence-electron chi connectivity index (χ1n) is 8.95. The first-order chi connectivity index (χ1) is 12.9. The highest BCUT2D eigenvalue weighted by Gasteiger charge is 2.25. The van der Waals surface area contributed by atoms with Gasteiger partial charge in [-0.2, -0.15) is 0 Å². The van der Waals surface area contributed by atoms with Gasteiger partial charge in [0.15, 0.2) is 0 Å². The van der Waals surface area contributed by atoms with Crippen LogP contribution in [0.4, 0.5) is 5.00 Å². The Morgan fingerprint density at radius 1 is 1.11 bits per heavy atom. The highest BCUT2D eigenvalue weighted by atomic mass is 32.1. The van der Waals surface area contributed by atoms with Crippen molar-refractivity contribution < 1.29 is 19.1 Å². The predicted octanol–water partition coefficient (Wildman–Crippen LogP) is 3.36. The van der Waals surface area contributed by atoms with Gasteiger partial charge in [0.1, 0.15) is 10.8 Å². The van der Waals surface area contributed by atoms with E-state index in [1.165, 1.54) is 11.3 Å². The van der Waals surface area contributed by atoms with Crippen LogP contribution in [0.3, 0.4) is 0 Å². The summed E-state index contributed by atoms with van der Waals surface area (Å²) in [6.07, 6.45) is 3.73. The molecule has 3 rings (SSSR count). The first-order valence-corrected chi connectivity index (χ1v) is 9.77. The quantitative estimate of drug-likeness (QED) is 0.587. The van der Waals surface area contributed by atoms with Crippen molar-refractivity contribution in [1.29, 1.82) is 0 Å². The zero-order valence-electron chi connectivity index (χ0n) is 15.2. The van der Waals surface area contributed by atoms with E-state index < -0.39 is 11.9 Å². The van der Waals surface area contributed by atoms with Crippen LogP contribution in [0.25, 0.3) is 0 Å². The Labute approximate surface area is 161 Å². The van der Waals surface area contributed by atoms with Gasteiger partial charge in [0.05, 0.1) is 12.0 Å². The second kappa shape index (κ2) is 8.35. The van der Waals surface area contributed by atoms with Crippen molar-refractivity contribution in [2.24, 2.45) is 5.73 Å². The Morgan fingerprint density at radius 2 is 1.81 bits per heavy atom. The average Bonchev–Trinajstić information content (AvgIpc) is 3.00. The summed E-state index contributed by atoms with van der Waals surface area (Å²) >= 11 is 1.41. The number of amides is 2. The lowest BCUT2D eigenvalue weighted by Gasteiger charge is -2.11. The van der Waals surface area contributed by atoms with E-state index in [4.69, 9.17) is 10.5 Å². The van der Waals surface area contributed by atoms with Crippen molar-refractivity contribution in [1.82, 2.24) is 0 Å². The zero-order chi connectivity index (χ0) is 19.4. The summed E-state index contributed by atoms with van der Waals surface area (Å²) < 4.78 is 5.21. The van der Waals surface area contributed by atoms with Crippen molar-refractivity contribution in [3.63, 3.8) is 0 Å². The number of benzene rings is 1. The number of rotatable bonds is 6. The molecule has 0 fully saturated rings. The summed E-state index contributed by atoms with van der Waals surface area (Å²) in [5, 5.41) is 3.24. The lowest BCUT2D eigenvalue weighted by atomic mass is 9.95. The van der Waals surface area contributed by atoms with Crippen LogP contribution in [-0.4, -0.2) is 17.8 Å². The van der Waals surface area contributed by atoms with Crippen LogP contribution < -0.4 is 15.8 Å². The number of aryl methyl sites for hydroxylation is 2. The number of nitrogens with two attached hydrogens (primary N) is 1. The molecule has 2 aromatic rings. The van der Waals surface area contributed by atoms with E-state index in [1.807, 2.05) is 19.1 Å². The average molecular weight is 386 g/mol. The molecule has 0 aliphatic heterocycles. The van der Waals surface area contributed by atoms with Gasteiger partial charge in [-0.05, 0) is 50.3 Å². The molecule has 1 aliphatic carbocycles. The van der Waals surface area contributed by atoms with Crippen molar-refractivity contribution >= 4 is 34.1 Å². The van der Waals surface area contributed by atoms with Crippen molar-refractivity contribution in [2.45, 2.75) is 45.4 Å². The molecule has 7 heteroatoms. The number of carbonyl (C=O) groups excluding carboxylic acids is 3. The van der Waals surface area contributed by atoms with Crippen molar-refractivity contribution in [3.05, 3.63) is 45.8 Å². The second-order valence-electron chi connectivity index (χ2n) is 6.61. The van der Waals surface area contributed by atoms with E-state index in [0.717, 1.165) is 41.7 Å². The number of ether oxygens (including phenoxy) is 1. The molecule has 1 aliphatic rings. The minimum Gasteiger partial charge on any atom is -0.427 e. The molecule has 1 aromatic carbocycles. The lowest BCUT2D eigenvalue weighted by Crippen LogP contribution is -2.19. The van der Waals surface area contributed by atoms with Crippen LogP contribution in [0.2, 0.25) is 0 Å². The molecule has 1 aromatic heterocycles. The number of primary amides is 1. The molecule has 0 bridgehead atoms. The third-order valence-electron chi connectivity index (χ3n) is 4.48. The van der Waals surface area contributed by atoms with Crippen molar-refractivity contribution in [3.8, 4) is 5.75 Å². The van der Waals surface area contributed by atoms with Crippen LogP contribution >= 0.6 is 11.3 Å². The number of fused-ring (bicyclic) bond motifs is 1. The summed E-state index contributed by atoms with van der Waals surface area (Å²) in [6.45, 7) is 1.94. The number of hydrogen-bond donors (Lipinski definition) is 2. The first kappa shape index (κ1) is 19.1. The zero-order valence-corrected chi connectivity index (χ0v) is 16.0. The highest BCUT2D eigenvalue weighted by Crippen LogP contribution is 2.37. The molecule has 142 valence electrons.